The number of aromatic nitrogens is 1. The van der Waals surface area contributed by atoms with Gasteiger partial charge in [-0.25, -0.2) is 4.98 Å². The number of nitrogens with one attached hydrogen (secondary N) is 1. The first-order valence-electron chi connectivity index (χ1n) is 6.37. The van der Waals surface area contributed by atoms with Crippen LogP contribution >= 0.6 is 11.3 Å². The maximum atomic E-state index is 10.8. The van der Waals surface area contributed by atoms with Gasteiger partial charge in [0.1, 0.15) is 6.04 Å². The largest absolute Gasteiger partial charge is 0.480 e. The molecule has 1 atom stereocenters. The zero-order chi connectivity index (χ0) is 13.0. The number of thiazole rings is 1. The number of aliphatic carboxylic acids is 1. The van der Waals surface area contributed by atoms with Crippen molar-refractivity contribution in [2.24, 2.45) is 5.73 Å². The van der Waals surface area contributed by atoms with E-state index in [9.17, 15) is 4.79 Å². The second-order valence-electron chi connectivity index (χ2n) is 4.73. The number of rotatable bonds is 4. The lowest BCUT2D eigenvalue weighted by molar-refractivity contribution is -0.138. The Morgan fingerprint density at radius 3 is 2.72 bits per heavy atom. The van der Waals surface area contributed by atoms with E-state index in [1.165, 1.54) is 49.9 Å². The maximum Gasteiger partial charge on any atom is 0.326 e. The summed E-state index contributed by atoms with van der Waals surface area (Å²) in [6.45, 7) is 0. The van der Waals surface area contributed by atoms with Crippen LogP contribution in [0.25, 0.3) is 0 Å². The second kappa shape index (κ2) is 6.15. The SMILES string of the molecule is NC(C(=O)O)c1csc(NC2CCCCCC2)n1. The number of hydrogen-bond acceptors (Lipinski definition) is 5. The minimum absolute atomic E-state index is 0.434. The molecule has 0 aromatic carbocycles. The molecule has 1 heterocycles. The smallest absolute Gasteiger partial charge is 0.326 e. The van der Waals surface area contributed by atoms with Crippen LogP contribution in [0, 0.1) is 0 Å². The summed E-state index contributed by atoms with van der Waals surface area (Å²) in [5, 5.41) is 14.7. The molecule has 1 fully saturated rings. The van der Waals surface area contributed by atoms with Crippen LogP contribution < -0.4 is 11.1 Å². The number of carbonyl (C=O) groups is 1. The van der Waals surface area contributed by atoms with Gasteiger partial charge in [0.2, 0.25) is 0 Å². The molecule has 1 aromatic rings. The molecule has 18 heavy (non-hydrogen) atoms. The number of anilines is 1. The van der Waals surface area contributed by atoms with Crippen molar-refractivity contribution in [3.8, 4) is 0 Å². The predicted octanol–water partition coefficient (Wildman–Crippen LogP) is 2.36. The first-order chi connectivity index (χ1) is 8.66. The Kier molecular flexibility index (Phi) is 4.54. The van der Waals surface area contributed by atoms with Crippen molar-refractivity contribution in [3.05, 3.63) is 11.1 Å². The number of carboxylic acid groups (broad SMARTS) is 1. The van der Waals surface area contributed by atoms with Crippen molar-refractivity contribution < 1.29 is 9.90 Å². The fourth-order valence-corrected chi connectivity index (χ4v) is 3.04. The fourth-order valence-electron chi connectivity index (χ4n) is 2.22. The highest BCUT2D eigenvalue weighted by Crippen LogP contribution is 2.24. The normalized spacial score (nSPS) is 19.2. The Bertz CT molecular complexity index is 400. The summed E-state index contributed by atoms with van der Waals surface area (Å²) < 4.78 is 0. The number of hydrogen-bond donors (Lipinski definition) is 3. The van der Waals surface area contributed by atoms with Gasteiger partial charge in [-0.15, -0.1) is 11.3 Å². The molecular weight excluding hydrogens is 250 g/mol. The quantitative estimate of drug-likeness (QED) is 0.730. The van der Waals surface area contributed by atoms with Crippen LogP contribution in [0.5, 0.6) is 0 Å². The van der Waals surface area contributed by atoms with E-state index in [4.69, 9.17) is 10.8 Å². The predicted molar refractivity (Wildman–Crippen MR) is 71.8 cm³/mol. The summed E-state index contributed by atoms with van der Waals surface area (Å²) in [5.74, 6) is -1.04. The Hall–Kier alpha value is -1.14. The van der Waals surface area contributed by atoms with E-state index in [1.807, 2.05) is 0 Å². The third-order valence-corrected chi connectivity index (χ3v) is 4.08. The van der Waals surface area contributed by atoms with Crippen molar-refractivity contribution in [2.45, 2.75) is 50.6 Å². The van der Waals surface area contributed by atoms with E-state index < -0.39 is 12.0 Å². The minimum Gasteiger partial charge on any atom is -0.480 e. The number of carboxylic acids is 1. The monoisotopic (exact) mass is 269 g/mol. The highest BCUT2D eigenvalue weighted by Gasteiger charge is 2.19. The van der Waals surface area contributed by atoms with Gasteiger partial charge < -0.3 is 16.2 Å². The van der Waals surface area contributed by atoms with Crippen LogP contribution in [0.3, 0.4) is 0 Å². The molecule has 2 rings (SSSR count). The Morgan fingerprint density at radius 2 is 2.11 bits per heavy atom. The van der Waals surface area contributed by atoms with Crippen molar-refractivity contribution in [1.82, 2.24) is 4.98 Å². The highest BCUT2D eigenvalue weighted by molar-refractivity contribution is 7.13. The summed E-state index contributed by atoms with van der Waals surface area (Å²) >= 11 is 1.43. The molecule has 100 valence electrons. The van der Waals surface area contributed by atoms with Gasteiger partial charge in [-0.3, -0.25) is 4.79 Å². The van der Waals surface area contributed by atoms with Gasteiger partial charge in [0.05, 0.1) is 5.69 Å². The summed E-state index contributed by atoms with van der Waals surface area (Å²) in [4.78, 5) is 15.0. The summed E-state index contributed by atoms with van der Waals surface area (Å²) in [6.07, 6.45) is 7.46. The molecule has 4 N–H and O–H groups in total. The summed E-state index contributed by atoms with van der Waals surface area (Å²) in [6, 6.07) is -0.557. The van der Waals surface area contributed by atoms with E-state index in [0.717, 1.165) is 5.13 Å². The number of nitrogens with zero attached hydrogens (tertiary/aromatic N) is 1. The lowest BCUT2D eigenvalue weighted by atomic mass is 10.1. The molecule has 1 aliphatic carbocycles. The standard InChI is InChI=1S/C12H19N3O2S/c13-10(11(16)17)9-7-18-12(15-9)14-8-5-3-1-2-4-6-8/h7-8,10H,1-6,13H2,(H,14,15)(H,16,17). The van der Waals surface area contributed by atoms with Crippen LogP contribution in [0.1, 0.15) is 50.3 Å². The molecule has 6 heteroatoms. The zero-order valence-corrected chi connectivity index (χ0v) is 11.1. The second-order valence-corrected chi connectivity index (χ2v) is 5.58. The van der Waals surface area contributed by atoms with Gasteiger partial charge >= 0.3 is 5.97 Å². The lowest BCUT2D eigenvalue weighted by Crippen LogP contribution is -2.21. The van der Waals surface area contributed by atoms with E-state index >= 15 is 0 Å². The van der Waals surface area contributed by atoms with Crippen LogP contribution in [-0.2, 0) is 4.79 Å². The Morgan fingerprint density at radius 1 is 1.44 bits per heavy atom. The Balaban J connectivity index is 1.95. The fraction of sp³-hybridized carbons (Fsp3) is 0.667. The van der Waals surface area contributed by atoms with Gasteiger partial charge in [-0.1, -0.05) is 25.7 Å². The first-order valence-corrected chi connectivity index (χ1v) is 7.25. The average Bonchev–Trinajstić information content (AvgIpc) is 2.64. The van der Waals surface area contributed by atoms with E-state index in [1.54, 1.807) is 5.38 Å². The van der Waals surface area contributed by atoms with Gasteiger partial charge in [-0.2, -0.15) is 0 Å². The molecule has 0 bridgehead atoms. The van der Waals surface area contributed by atoms with E-state index in [-0.39, 0.29) is 0 Å². The van der Waals surface area contributed by atoms with Gasteiger partial charge in [0.25, 0.3) is 0 Å². The molecule has 0 spiro atoms. The van der Waals surface area contributed by atoms with Crippen LogP contribution in [0.4, 0.5) is 5.13 Å². The van der Waals surface area contributed by atoms with Crippen molar-refractivity contribution in [2.75, 3.05) is 5.32 Å². The maximum absolute atomic E-state index is 10.8. The van der Waals surface area contributed by atoms with Crippen molar-refractivity contribution in [3.63, 3.8) is 0 Å². The third-order valence-electron chi connectivity index (χ3n) is 3.29. The number of nitrogens with two attached hydrogens (primary N) is 1. The molecule has 0 radical (unpaired) electrons. The molecule has 0 amide bonds. The van der Waals surface area contributed by atoms with Crippen LogP contribution in [0.15, 0.2) is 5.38 Å². The molecular formula is C12H19N3O2S. The lowest BCUT2D eigenvalue weighted by Gasteiger charge is -2.14. The topological polar surface area (TPSA) is 88.2 Å². The summed E-state index contributed by atoms with van der Waals surface area (Å²) in [5.41, 5.74) is 5.96. The average molecular weight is 269 g/mol. The Labute approximate surface area is 110 Å². The third kappa shape index (κ3) is 3.43. The van der Waals surface area contributed by atoms with Crippen molar-refractivity contribution >= 4 is 22.4 Å². The van der Waals surface area contributed by atoms with Crippen molar-refractivity contribution in [1.29, 1.82) is 0 Å². The van der Waals surface area contributed by atoms with Crippen LogP contribution in [0.2, 0.25) is 0 Å². The van der Waals surface area contributed by atoms with Gasteiger partial charge in [0, 0.05) is 11.4 Å². The van der Waals surface area contributed by atoms with E-state index in [0.29, 0.717) is 11.7 Å². The molecule has 0 aliphatic heterocycles. The molecule has 1 unspecified atom stereocenters. The zero-order valence-electron chi connectivity index (χ0n) is 10.3. The molecule has 1 aromatic heterocycles. The molecule has 1 aliphatic rings. The molecule has 5 nitrogen and oxygen atoms in total. The van der Waals surface area contributed by atoms with E-state index in [2.05, 4.69) is 10.3 Å². The molecule has 0 saturated heterocycles. The van der Waals surface area contributed by atoms with Gasteiger partial charge in [0.15, 0.2) is 5.13 Å². The highest BCUT2D eigenvalue weighted by atomic mass is 32.1. The first kappa shape index (κ1) is 13.3. The van der Waals surface area contributed by atoms with Crippen LogP contribution in [-0.4, -0.2) is 22.1 Å². The minimum atomic E-state index is -1.04. The summed E-state index contributed by atoms with van der Waals surface area (Å²) in [7, 11) is 0. The molecule has 1 saturated carbocycles. The van der Waals surface area contributed by atoms with Gasteiger partial charge in [-0.05, 0) is 12.8 Å².